The molecule has 1 aliphatic rings. The predicted octanol–water partition coefficient (Wildman–Crippen LogP) is 5.09. The van der Waals surface area contributed by atoms with Gasteiger partial charge in [-0.3, -0.25) is 4.99 Å². The lowest BCUT2D eigenvalue weighted by Gasteiger charge is -2.20. The van der Waals surface area contributed by atoms with Crippen molar-refractivity contribution in [2.75, 3.05) is 5.32 Å². The average molecular weight is 392 g/mol. The van der Waals surface area contributed by atoms with E-state index in [2.05, 4.69) is 5.32 Å². The zero-order valence-corrected chi connectivity index (χ0v) is 16.4. The number of hydrogen-bond donors (Lipinski definition) is 2. The third kappa shape index (κ3) is 3.66. The first-order valence-corrected chi connectivity index (χ1v) is 9.36. The summed E-state index contributed by atoms with van der Waals surface area (Å²) in [5.41, 5.74) is 4.34. The van der Waals surface area contributed by atoms with Gasteiger partial charge in [0.25, 0.3) is 0 Å². The fourth-order valence-electron chi connectivity index (χ4n) is 3.55. The number of aliphatic imine (C=N–C) groups is 1. The molecule has 2 aromatic carbocycles. The number of aromatic hydroxyl groups is 1. The Bertz CT molecular complexity index is 1180. The van der Waals surface area contributed by atoms with Crippen molar-refractivity contribution in [2.45, 2.75) is 33.2 Å². The number of rotatable bonds is 2. The molecule has 5 nitrogen and oxygen atoms in total. The van der Waals surface area contributed by atoms with Gasteiger partial charge in [0.05, 0.1) is 23.1 Å². The summed E-state index contributed by atoms with van der Waals surface area (Å²) in [6.45, 7) is 5.61. The number of aryl methyl sites for hydroxylation is 3. The molecule has 1 aliphatic heterocycles. The number of nitrogens with zero attached hydrogens (tertiary/aromatic N) is 1. The van der Waals surface area contributed by atoms with E-state index in [1.807, 2.05) is 26.0 Å². The Morgan fingerprint density at radius 2 is 1.79 bits per heavy atom. The molecule has 1 aromatic heterocycles. The highest BCUT2D eigenvalue weighted by Gasteiger charge is 2.25. The maximum Gasteiger partial charge on any atom is 0.348 e. The monoisotopic (exact) mass is 392 g/mol. The summed E-state index contributed by atoms with van der Waals surface area (Å²) in [5.74, 6) is -0.159. The second kappa shape index (κ2) is 7.20. The second-order valence-electron chi connectivity index (χ2n) is 7.37. The van der Waals surface area contributed by atoms with Gasteiger partial charge in [-0.05, 0) is 61.7 Å². The highest BCUT2D eigenvalue weighted by Crippen LogP contribution is 2.37. The van der Waals surface area contributed by atoms with Crippen molar-refractivity contribution in [3.05, 3.63) is 86.7 Å². The van der Waals surface area contributed by atoms with Gasteiger partial charge in [-0.25, -0.2) is 9.18 Å². The molecule has 0 fully saturated rings. The van der Waals surface area contributed by atoms with Gasteiger partial charge in [0.2, 0.25) is 0 Å². The number of hydrogen-bond acceptors (Lipinski definition) is 5. The van der Waals surface area contributed by atoms with Gasteiger partial charge in [-0.15, -0.1) is 0 Å². The summed E-state index contributed by atoms with van der Waals surface area (Å²) in [7, 11) is 0. The number of fused-ring (bicyclic) bond motifs is 1. The fraction of sp³-hybridized carbons (Fsp3) is 0.217. The number of nitrogens with one attached hydrogen (secondary N) is 1. The Kier molecular flexibility index (Phi) is 4.70. The fourth-order valence-corrected chi connectivity index (χ4v) is 3.55. The van der Waals surface area contributed by atoms with Crippen LogP contribution in [0.2, 0.25) is 0 Å². The third-order valence-corrected chi connectivity index (χ3v) is 5.21. The number of benzene rings is 2. The van der Waals surface area contributed by atoms with Crippen LogP contribution in [0, 0.1) is 26.6 Å². The highest BCUT2D eigenvalue weighted by molar-refractivity contribution is 6.05. The number of halogens is 1. The van der Waals surface area contributed by atoms with E-state index < -0.39 is 5.63 Å². The van der Waals surface area contributed by atoms with Crippen LogP contribution in [0.5, 0.6) is 5.75 Å². The van der Waals surface area contributed by atoms with Crippen LogP contribution >= 0.6 is 0 Å². The molecule has 2 N–H and O–H groups in total. The standard InChI is InChI=1S/C23H21FN2O3/c1-12-8-18-19(9-13(12)2)26-20(22-21(27)10-14(3)29-23(22)28)11-17(25-18)15-4-6-16(24)7-5-15/h4-10,17,25,27H,11H2,1-3H3. The summed E-state index contributed by atoms with van der Waals surface area (Å²) < 4.78 is 18.6. The molecule has 148 valence electrons. The SMILES string of the molecule is Cc1cc(O)c(C2=Nc3cc(C)c(C)cc3NC(c3ccc(F)cc3)C2)c(=O)o1. The first-order valence-electron chi connectivity index (χ1n) is 9.36. The van der Waals surface area contributed by atoms with Gasteiger partial charge in [-0.1, -0.05) is 12.1 Å². The molecular formula is C23H21FN2O3. The van der Waals surface area contributed by atoms with Crippen molar-refractivity contribution in [2.24, 2.45) is 4.99 Å². The normalized spacial score (nSPS) is 15.9. The zero-order chi connectivity index (χ0) is 20.7. The van der Waals surface area contributed by atoms with Crippen LogP contribution in [-0.2, 0) is 0 Å². The first-order chi connectivity index (χ1) is 13.8. The first kappa shape index (κ1) is 18.9. The summed E-state index contributed by atoms with van der Waals surface area (Å²) in [6, 6.07) is 11.3. The second-order valence-corrected chi connectivity index (χ2v) is 7.37. The summed E-state index contributed by atoms with van der Waals surface area (Å²) in [5, 5.41) is 13.9. The predicted molar refractivity (Wildman–Crippen MR) is 111 cm³/mol. The van der Waals surface area contributed by atoms with Crippen LogP contribution in [-0.4, -0.2) is 10.8 Å². The molecule has 0 aliphatic carbocycles. The van der Waals surface area contributed by atoms with Crippen LogP contribution in [0.4, 0.5) is 15.8 Å². The molecule has 0 bridgehead atoms. The molecule has 3 aromatic rings. The molecule has 2 heterocycles. The minimum atomic E-state index is -0.633. The van der Waals surface area contributed by atoms with E-state index in [-0.39, 0.29) is 23.2 Å². The van der Waals surface area contributed by atoms with E-state index in [1.165, 1.54) is 18.2 Å². The largest absolute Gasteiger partial charge is 0.507 e. The third-order valence-electron chi connectivity index (χ3n) is 5.21. The average Bonchev–Trinajstić information content (AvgIpc) is 2.81. The molecule has 0 saturated heterocycles. The Balaban J connectivity index is 1.91. The molecule has 1 unspecified atom stereocenters. The molecule has 6 heteroatoms. The van der Waals surface area contributed by atoms with Crippen LogP contribution in [0.3, 0.4) is 0 Å². The zero-order valence-electron chi connectivity index (χ0n) is 16.4. The van der Waals surface area contributed by atoms with Crippen LogP contribution < -0.4 is 10.9 Å². The molecule has 4 rings (SSSR count). The van der Waals surface area contributed by atoms with Gasteiger partial charge >= 0.3 is 5.63 Å². The summed E-state index contributed by atoms with van der Waals surface area (Å²) >= 11 is 0. The van der Waals surface area contributed by atoms with E-state index in [1.54, 1.807) is 19.1 Å². The maximum absolute atomic E-state index is 13.4. The van der Waals surface area contributed by atoms with E-state index in [9.17, 15) is 14.3 Å². The van der Waals surface area contributed by atoms with Gasteiger partial charge in [0, 0.05) is 12.5 Å². The molecular weight excluding hydrogens is 371 g/mol. The molecule has 0 amide bonds. The lowest BCUT2D eigenvalue weighted by Crippen LogP contribution is -2.20. The maximum atomic E-state index is 13.4. The van der Waals surface area contributed by atoms with Crippen molar-refractivity contribution < 1.29 is 13.9 Å². The molecule has 1 atom stereocenters. The topological polar surface area (TPSA) is 74.8 Å². The molecule has 0 radical (unpaired) electrons. The lowest BCUT2D eigenvalue weighted by molar-refractivity contribution is 0.432. The Morgan fingerprint density at radius 3 is 2.48 bits per heavy atom. The van der Waals surface area contributed by atoms with Crippen LogP contribution in [0.15, 0.2) is 56.7 Å². The molecule has 29 heavy (non-hydrogen) atoms. The Morgan fingerprint density at radius 1 is 1.10 bits per heavy atom. The van der Waals surface area contributed by atoms with Gasteiger partial charge in [-0.2, -0.15) is 0 Å². The summed E-state index contributed by atoms with van der Waals surface area (Å²) in [4.78, 5) is 17.2. The van der Waals surface area contributed by atoms with E-state index in [0.717, 1.165) is 22.4 Å². The molecule has 0 saturated carbocycles. The minimum absolute atomic E-state index is 0.0515. The van der Waals surface area contributed by atoms with Crippen molar-refractivity contribution in [1.82, 2.24) is 0 Å². The Labute approximate surface area is 167 Å². The quantitative estimate of drug-likeness (QED) is 0.637. The van der Waals surface area contributed by atoms with Crippen molar-refractivity contribution in [1.29, 1.82) is 0 Å². The van der Waals surface area contributed by atoms with Gasteiger partial charge < -0.3 is 14.8 Å². The van der Waals surface area contributed by atoms with Crippen LogP contribution in [0.25, 0.3) is 0 Å². The van der Waals surface area contributed by atoms with Gasteiger partial charge in [0.1, 0.15) is 22.9 Å². The van der Waals surface area contributed by atoms with Gasteiger partial charge in [0.15, 0.2) is 0 Å². The molecule has 0 spiro atoms. The van der Waals surface area contributed by atoms with Crippen LogP contribution in [0.1, 0.15) is 40.5 Å². The van der Waals surface area contributed by atoms with E-state index in [0.29, 0.717) is 23.6 Å². The van der Waals surface area contributed by atoms with E-state index in [4.69, 9.17) is 9.41 Å². The number of anilines is 1. The summed E-state index contributed by atoms with van der Waals surface area (Å²) in [6.07, 6.45) is 0.319. The van der Waals surface area contributed by atoms with Crippen molar-refractivity contribution >= 4 is 17.1 Å². The Hall–Kier alpha value is -3.41. The lowest BCUT2D eigenvalue weighted by atomic mass is 9.97. The smallest absolute Gasteiger partial charge is 0.348 e. The van der Waals surface area contributed by atoms with E-state index >= 15 is 0 Å². The highest BCUT2D eigenvalue weighted by atomic mass is 19.1. The van der Waals surface area contributed by atoms with Crippen molar-refractivity contribution in [3.8, 4) is 5.75 Å². The minimum Gasteiger partial charge on any atom is -0.507 e. The van der Waals surface area contributed by atoms with Crippen molar-refractivity contribution in [3.63, 3.8) is 0 Å².